The number of benzene rings is 2. The molecular formula is C19H22N4O2. The first-order valence-electron chi connectivity index (χ1n) is 8.41. The molecule has 2 aromatic carbocycles. The van der Waals surface area contributed by atoms with E-state index in [1.165, 1.54) is 0 Å². The van der Waals surface area contributed by atoms with E-state index >= 15 is 0 Å². The lowest BCUT2D eigenvalue weighted by molar-refractivity contribution is 0.0741. The maximum atomic E-state index is 12.6. The summed E-state index contributed by atoms with van der Waals surface area (Å²) in [6, 6.07) is 15.9. The smallest absolute Gasteiger partial charge is 0.323 e. The van der Waals surface area contributed by atoms with Gasteiger partial charge in [0.15, 0.2) is 0 Å². The van der Waals surface area contributed by atoms with Gasteiger partial charge in [0, 0.05) is 36.1 Å². The molecule has 4 N–H and O–H groups in total. The summed E-state index contributed by atoms with van der Waals surface area (Å²) in [6.45, 7) is 1.24. The molecule has 2 aromatic rings. The first-order valence-corrected chi connectivity index (χ1v) is 8.41. The van der Waals surface area contributed by atoms with Crippen LogP contribution in [0.5, 0.6) is 0 Å². The number of carbonyl (C=O) groups is 2. The third-order valence-corrected chi connectivity index (χ3v) is 4.33. The molecule has 6 nitrogen and oxygen atoms in total. The highest BCUT2D eigenvalue weighted by Crippen LogP contribution is 2.20. The number of anilines is 2. The van der Waals surface area contributed by atoms with E-state index in [0.717, 1.165) is 19.4 Å². The fourth-order valence-corrected chi connectivity index (χ4v) is 3.03. The highest BCUT2D eigenvalue weighted by Gasteiger charge is 2.28. The summed E-state index contributed by atoms with van der Waals surface area (Å²) in [5.41, 5.74) is 7.68. The standard InChI is InChI=1S/C19H22N4O2/c20-13-17-7-4-12-23(17)18(24)14-8-10-16(11-9-14)22-19(25)21-15-5-2-1-3-6-15/h1-3,5-6,8-11,17H,4,7,12-13,20H2,(H2,21,22,25). The maximum Gasteiger partial charge on any atom is 0.323 e. The van der Waals surface area contributed by atoms with Crippen LogP contribution in [0.15, 0.2) is 54.6 Å². The summed E-state index contributed by atoms with van der Waals surface area (Å²) < 4.78 is 0. The van der Waals surface area contributed by atoms with Crippen molar-refractivity contribution >= 4 is 23.3 Å². The lowest BCUT2D eigenvalue weighted by Gasteiger charge is -2.23. The lowest BCUT2D eigenvalue weighted by Crippen LogP contribution is -2.39. The quantitative estimate of drug-likeness (QED) is 0.801. The second-order valence-electron chi connectivity index (χ2n) is 6.05. The largest absolute Gasteiger partial charge is 0.334 e. The van der Waals surface area contributed by atoms with Crippen LogP contribution in [0.1, 0.15) is 23.2 Å². The van der Waals surface area contributed by atoms with Gasteiger partial charge in [-0.15, -0.1) is 0 Å². The molecule has 3 rings (SSSR count). The molecule has 3 amide bonds. The molecule has 0 aliphatic carbocycles. The van der Waals surface area contributed by atoms with Crippen molar-refractivity contribution in [2.24, 2.45) is 5.73 Å². The van der Waals surface area contributed by atoms with Crippen molar-refractivity contribution in [2.45, 2.75) is 18.9 Å². The summed E-state index contributed by atoms with van der Waals surface area (Å²) in [7, 11) is 0. The molecule has 1 aliphatic rings. The van der Waals surface area contributed by atoms with E-state index in [0.29, 0.717) is 23.5 Å². The van der Waals surface area contributed by atoms with Gasteiger partial charge >= 0.3 is 6.03 Å². The van der Waals surface area contributed by atoms with E-state index in [2.05, 4.69) is 10.6 Å². The molecular weight excluding hydrogens is 316 g/mol. The van der Waals surface area contributed by atoms with E-state index in [1.54, 1.807) is 24.3 Å². The Morgan fingerprint density at radius 3 is 2.28 bits per heavy atom. The molecule has 1 atom stereocenters. The zero-order chi connectivity index (χ0) is 17.6. The minimum atomic E-state index is -0.326. The molecule has 1 unspecified atom stereocenters. The second-order valence-corrected chi connectivity index (χ2v) is 6.05. The van der Waals surface area contributed by atoms with E-state index < -0.39 is 0 Å². The van der Waals surface area contributed by atoms with Crippen molar-refractivity contribution in [3.05, 3.63) is 60.2 Å². The van der Waals surface area contributed by atoms with Crippen LogP contribution in [0, 0.1) is 0 Å². The van der Waals surface area contributed by atoms with E-state index in [-0.39, 0.29) is 18.0 Å². The molecule has 130 valence electrons. The highest BCUT2D eigenvalue weighted by molar-refractivity contribution is 6.00. The van der Waals surface area contributed by atoms with Crippen molar-refractivity contribution in [3.63, 3.8) is 0 Å². The summed E-state index contributed by atoms with van der Waals surface area (Å²) in [4.78, 5) is 26.4. The third kappa shape index (κ3) is 4.16. The fraction of sp³-hybridized carbons (Fsp3) is 0.263. The van der Waals surface area contributed by atoms with Gasteiger partial charge in [-0.05, 0) is 49.2 Å². The van der Waals surface area contributed by atoms with Gasteiger partial charge in [0.2, 0.25) is 0 Å². The van der Waals surface area contributed by atoms with Crippen LogP contribution in [-0.4, -0.2) is 36.0 Å². The van der Waals surface area contributed by atoms with Gasteiger partial charge in [-0.2, -0.15) is 0 Å². The number of amides is 3. The molecule has 0 saturated carbocycles. The normalized spacial score (nSPS) is 16.5. The van der Waals surface area contributed by atoms with Crippen LogP contribution in [-0.2, 0) is 0 Å². The molecule has 1 aliphatic heterocycles. The molecule has 0 spiro atoms. The number of hydrogen-bond donors (Lipinski definition) is 3. The molecule has 0 aromatic heterocycles. The predicted octanol–water partition coefficient (Wildman–Crippen LogP) is 2.89. The Balaban J connectivity index is 1.60. The van der Waals surface area contributed by atoms with Crippen LogP contribution >= 0.6 is 0 Å². The van der Waals surface area contributed by atoms with Crippen LogP contribution in [0.2, 0.25) is 0 Å². The summed E-state index contributed by atoms with van der Waals surface area (Å²) in [6.07, 6.45) is 1.95. The van der Waals surface area contributed by atoms with Crippen molar-refractivity contribution in [2.75, 3.05) is 23.7 Å². The number of para-hydroxylation sites is 1. The van der Waals surface area contributed by atoms with Gasteiger partial charge in [0.05, 0.1) is 0 Å². The number of nitrogens with one attached hydrogen (secondary N) is 2. The predicted molar refractivity (Wildman–Crippen MR) is 98.6 cm³/mol. The second kappa shape index (κ2) is 7.81. The van der Waals surface area contributed by atoms with Crippen molar-refractivity contribution in [1.82, 2.24) is 4.90 Å². The Morgan fingerprint density at radius 1 is 1.00 bits per heavy atom. The number of likely N-dealkylation sites (tertiary alicyclic amines) is 1. The first kappa shape index (κ1) is 17.0. The zero-order valence-electron chi connectivity index (χ0n) is 13.9. The van der Waals surface area contributed by atoms with Crippen LogP contribution < -0.4 is 16.4 Å². The number of hydrogen-bond acceptors (Lipinski definition) is 3. The van der Waals surface area contributed by atoms with Gasteiger partial charge in [-0.3, -0.25) is 4.79 Å². The van der Waals surface area contributed by atoms with Crippen LogP contribution in [0.3, 0.4) is 0 Å². The molecule has 25 heavy (non-hydrogen) atoms. The molecule has 0 radical (unpaired) electrons. The molecule has 6 heteroatoms. The van der Waals surface area contributed by atoms with Crippen molar-refractivity contribution in [3.8, 4) is 0 Å². The van der Waals surface area contributed by atoms with Gasteiger partial charge in [-0.25, -0.2) is 4.79 Å². The van der Waals surface area contributed by atoms with Gasteiger partial charge < -0.3 is 21.3 Å². The molecule has 1 fully saturated rings. The van der Waals surface area contributed by atoms with Gasteiger partial charge in [0.1, 0.15) is 0 Å². The summed E-state index contributed by atoms with van der Waals surface area (Å²) >= 11 is 0. The molecule has 1 saturated heterocycles. The summed E-state index contributed by atoms with van der Waals surface area (Å²) in [5, 5.41) is 5.50. The molecule has 0 bridgehead atoms. The minimum absolute atomic E-state index is 0.00626. The van der Waals surface area contributed by atoms with Crippen molar-refractivity contribution in [1.29, 1.82) is 0 Å². The number of nitrogens with zero attached hydrogens (tertiary/aromatic N) is 1. The number of urea groups is 1. The van der Waals surface area contributed by atoms with E-state index in [9.17, 15) is 9.59 Å². The Hall–Kier alpha value is -2.86. The number of nitrogens with two attached hydrogens (primary N) is 1. The van der Waals surface area contributed by atoms with E-state index in [1.807, 2.05) is 35.2 Å². The average Bonchev–Trinajstić information content (AvgIpc) is 3.11. The van der Waals surface area contributed by atoms with Gasteiger partial charge in [-0.1, -0.05) is 18.2 Å². The minimum Gasteiger partial charge on any atom is -0.334 e. The van der Waals surface area contributed by atoms with Crippen LogP contribution in [0.25, 0.3) is 0 Å². The van der Waals surface area contributed by atoms with E-state index in [4.69, 9.17) is 5.73 Å². The molecule has 1 heterocycles. The Bertz CT molecular complexity index is 731. The Labute approximate surface area is 147 Å². The monoisotopic (exact) mass is 338 g/mol. The first-order chi connectivity index (χ1) is 12.2. The lowest BCUT2D eigenvalue weighted by atomic mass is 10.1. The maximum absolute atomic E-state index is 12.6. The SMILES string of the molecule is NCC1CCCN1C(=O)c1ccc(NC(=O)Nc2ccccc2)cc1. The highest BCUT2D eigenvalue weighted by atomic mass is 16.2. The Morgan fingerprint density at radius 2 is 1.64 bits per heavy atom. The average molecular weight is 338 g/mol. The zero-order valence-corrected chi connectivity index (χ0v) is 13.9. The van der Waals surface area contributed by atoms with Crippen LogP contribution in [0.4, 0.5) is 16.2 Å². The fourth-order valence-electron chi connectivity index (χ4n) is 3.03. The Kier molecular flexibility index (Phi) is 5.30. The number of rotatable bonds is 4. The summed E-state index contributed by atoms with van der Waals surface area (Å²) in [5.74, 6) is -0.00626. The van der Waals surface area contributed by atoms with Crippen molar-refractivity contribution < 1.29 is 9.59 Å². The number of carbonyl (C=O) groups excluding carboxylic acids is 2. The van der Waals surface area contributed by atoms with Gasteiger partial charge in [0.25, 0.3) is 5.91 Å². The topological polar surface area (TPSA) is 87.5 Å². The third-order valence-electron chi connectivity index (χ3n) is 4.33.